The van der Waals surface area contributed by atoms with Crippen LogP contribution in [0.3, 0.4) is 0 Å². The molecule has 0 spiro atoms. The van der Waals surface area contributed by atoms with Crippen molar-refractivity contribution in [1.82, 2.24) is 19.9 Å². The standard InChI is InChI=1S/C18H21N5OS/c1-12-7-8-19-17(9-12)22-16-6-4-5-13(21-16)15-10-20-18(25-15)14(24)11-23(2)3/h4-10,14,24H,11H2,1-3H3,(H,19,21,22)/t14-/m0/s1. The third-order valence-corrected chi connectivity index (χ3v) is 4.64. The van der Waals surface area contributed by atoms with E-state index in [1.807, 2.05) is 56.3 Å². The van der Waals surface area contributed by atoms with Crippen LogP contribution in [0.4, 0.5) is 11.6 Å². The molecule has 1 atom stereocenters. The van der Waals surface area contributed by atoms with Gasteiger partial charge in [0.1, 0.15) is 22.7 Å². The molecule has 0 saturated heterocycles. The zero-order valence-electron chi connectivity index (χ0n) is 14.5. The molecule has 0 bridgehead atoms. The van der Waals surface area contributed by atoms with Crippen LogP contribution < -0.4 is 5.32 Å². The van der Waals surface area contributed by atoms with Gasteiger partial charge < -0.3 is 15.3 Å². The first kappa shape index (κ1) is 17.5. The van der Waals surface area contributed by atoms with E-state index in [-0.39, 0.29) is 0 Å². The lowest BCUT2D eigenvalue weighted by Crippen LogP contribution is -2.19. The average Bonchev–Trinajstić information content (AvgIpc) is 3.05. The highest BCUT2D eigenvalue weighted by atomic mass is 32.1. The van der Waals surface area contributed by atoms with Gasteiger partial charge in [-0.1, -0.05) is 6.07 Å². The molecule has 2 N–H and O–H groups in total. The second-order valence-electron chi connectivity index (χ2n) is 6.09. The normalized spacial score (nSPS) is 12.4. The summed E-state index contributed by atoms with van der Waals surface area (Å²) in [6.07, 6.45) is 2.94. The first-order valence-electron chi connectivity index (χ1n) is 7.97. The monoisotopic (exact) mass is 355 g/mol. The van der Waals surface area contributed by atoms with Gasteiger partial charge in [-0.2, -0.15) is 0 Å². The summed E-state index contributed by atoms with van der Waals surface area (Å²) in [6, 6.07) is 9.70. The van der Waals surface area contributed by atoms with E-state index in [4.69, 9.17) is 0 Å². The SMILES string of the molecule is Cc1ccnc(Nc2cccc(-c3cnc([C@@H](O)CN(C)C)s3)n2)c1. The summed E-state index contributed by atoms with van der Waals surface area (Å²) in [5.41, 5.74) is 1.95. The van der Waals surface area contributed by atoms with Crippen LogP contribution in [0.25, 0.3) is 10.6 Å². The molecule has 0 radical (unpaired) electrons. The van der Waals surface area contributed by atoms with Crippen molar-refractivity contribution in [1.29, 1.82) is 0 Å². The summed E-state index contributed by atoms with van der Waals surface area (Å²) in [4.78, 5) is 16.1. The molecule has 0 aliphatic carbocycles. The Labute approximate surface area is 151 Å². The summed E-state index contributed by atoms with van der Waals surface area (Å²) >= 11 is 1.46. The van der Waals surface area contributed by atoms with Crippen LogP contribution in [0.15, 0.2) is 42.7 Å². The number of nitrogens with zero attached hydrogens (tertiary/aromatic N) is 4. The van der Waals surface area contributed by atoms with Gasteiger partial charge in [-0.25, -0.2) is 15.0 Å². The predicted octanol–water partition coefficient (Wildman–Crippen LogP) is 3.25. The fraction of sp³-hybridized carbons (Fsp3) is 0.278. The minimum absolute atomic E-state index is 0.543. The molecule has 3 aromatic rings. The van der Waals surface area contributed by atoms with E-state index >= 15 is 0 Å². The molecule has 0 fully saturated rings. The Morgan fingerprint density at radius 2 is 2.04 bits per heavy atom. The molecular formula is C18H21N5OS. The number of nitrogens with one attached hydrogen (secondary N) is 1. The maximum Gasteiger partial charge on any atom is 0.132 e. The Kier molecular flexibility index (Phi) is 5.37. The van der Waals surface area contributed by atoms with E-state index in [2.05, 4.69) is 20.3 Å². The second kappa shape index (κ2) is 7.69. The van der Waals surface area contributed by atoms with Crippen LogP contribution >= 0.6 is 11.3 Å². The molecule has 130 valence electrons. The third kappa shape index (κ3) is 4.60. The van der Waals surface area contributed by atoms with Crippen LogP contribution in [0.2, 0.25) is 0 Å². The largest absolute Gasteiger partial charge is 0.385 e. The molecule has 3 rings (SSSR count). The van der Waals surface area contributed by atoms with Crippen molar-refractivity contribution in [2.75, 3.05) is 26.0 Å². The number of aromatic nitrogens is 3. The summed E-state index contributed by atoms with van der Waals surface area (Å²) in [5, 5.41) is 14.1. The van der Waals surface area contributed by atoms with Crippen LogP contribution in [-0.4, -0.2) is 45.6 Å². The van der Waals surface area contributed by atoms with E-state index in [9.17, 15) is 5.11 Å². The Hall–Kier alpha value is -2.35. The number of aliphatic hydroxyl groups excluding tert-OH is 1. The van der Waals surface area contributed by atoms with Gasteiger partial charge in [0.15, 0.2) is 0 Å². The van der Waals surface area contributed by atoms with Crippen molar-refractivity contribution in [2.24, 2.45) is 0 Å². The molecule has 0 unspecified atom stereocenters. The van der Waals surface area contributed by atoms with Gasteiger partial charge in [0.05, 0.1) is 10.6 Å². The number of aliphatic hydroxyl groups is 1. The van der Waals surface area contributed by atoms with Crippen LogP contribution in [0.1, 0.15) is 16.7 Å². The Balaban J connectivity index is 1.78. The fourth-order valence-electron chi connectivity index (χ4n) is 2.36. The zero-order chi connectivity index (χ0) is 17.8. The fourth-order valence-corrected chi connectivity index (χ4v) is 3.23. The number of hydrogen-bond acceptors (Lipinski definition) is 7. The van der Waals surface area contributed by atoms with Crippen molar-refractivity contribution < 1.29 is 5.11 Å². The van der Waals surface area contributed by atoms with Crippen molar-refractivity contribution in [3.63, 3.8) is 0 Å². The van der Waals surface area contributed by atoms with E-state index in [1.54, 1.807) is 12.4 Å². The molecule has 25 heavy (non-hydrogen) atoms. The Bertz CT molecular complexity index is 849. The number of aryl methyl sites for hydroxylation is 1. The van der Waals surface area contributed by atoms with Crippen molar-refractivity contribution in [3.05, 3.63) is 53.3 Å². The smallest absolute Gasteiger partial charge is 0.132 e. The summed E-state index contributed by atoms with van der Waals surface area (Å²) < 4.78 is 0. The number of thiazole rings is 1. The molecule has 0 aromatic carbocycles. The number of pyridine rings is 2. The molecule has 0 aliphatic heterocycles. The summed E-state index contributed by atoms with van der Waals surface area (Å²) in [6.45, 7) is 2.57. The number of hydrogen-bond donors (Lipinski definition) is 2. The number of likely N-dealkylation sites (N-methyl/N-ethyl adjacent to an activating group) is 1. The predicted molar refractivity (Wildman–Crippen MR) is 101 cm³/mol. The van der Waals surface area contributed by atoms with Gasteiger partial charge in [-0.15, -0.1) is 11.3 Å². The number of anilines is 2. The second-order valence-corrected chi connectivity index (χ2v) is 7.15. The highest BCUT2D eigenvalue weighted by Gasteiger charge is 2.14. The van der Waals surface area contributed by atoms with Crippen LogP contribution in [0, 0.1) is 6.92 Å². The van der Waals surface area contributed by atoms with Crippen molar-refractivity contribution in [2.45, 2.75) is 13.0 Å². The van der Waals surface area contributed by atoms with E-state index < -0.39 is 6.10 Å². The highest BCUT2D eigenvalue weighted by molar-refractivity contribution is 7.15. The van der Waals surface area contributed by atoms with Crippen molar-refractivity contribution >= 4 is 23.0 Å². The van der Waals surface area contributed by atoms with E-state index in [0.717, 1.165) is 27.8 Å². The summed E-state index contributed by atoms with van der Waals surface area (Å²) in [5.74, 6) is 1.48. The first-order valence-corrected chi connectivity index (χ1v) is 8.78. The third-order valence-electron chi connectivity index (χ3n) is 3.52. The van der Waals surface area contributed by atoms with Gasteiger partial charge >= 0.3 is 0 Å². The zero-order valence-corrected chi connectivity index (χ0v) is 15.3. The quantitative estimate of drug-likeness (QED) is 0.707. The lowest BCUT2D eigenvalue weighted by atomic mass is 10.3. The van der Waals surface area contributed by atoms with Gasteiger partial charge in [0.2, 0.25) is 0 Å². The van der Waals surface area contributed by atoms with Gasteiger partial charge in [-0.3, -0.25) is 0 Å². The van der Waals surface area contributed by atoms with E-state index in [1.165, 1.54) is 11.3 Å². The minimum Gasteiger partial charge on any atom is -0.385 e. The van der Waals surface area contributed by atoms with Crippen molar-refractivity contribution in [3.8, 4) is 10.6 Å². The maximum atomic E-state index is 10.2. The molecule has 0 aliphatic rings. The van der Waals surface area contributed by atoms with Gasteiger partial charge in [0.25, 0.3) is 0 Å². The first-order chi connectivity index (χ1) is 12.0. The molecule has 6 nitrogen and oxygen atoms in total. The molecule has 3 heterocycles. The lowest BCUT2D eigenvalue weighted by Gasteiger charge is -2.13. The molecule has 0 saturated carbocycles. The minimum atomic E-state index is -0.591. The Morgan fingerprint density at radius 3 is 2.80 bits per heavy atom. The average molecular weight is 355 g/mol. The highest BCUT2D eigenvalue weighted by Crippen LogP contribution is 2.29. The topological polar surface area (TPSA) is 74.2 Å². The van der Waals surface area contributed by atoms with Crippen LogP contribution in [-0.2, 0) is 0 Å². The maximum absolute atomic E-state index is 10.2. The molecule has 7 heteroatoms. The van der Waals surface area contributed by atoms with Gasteiger partial charge in [0, 0.05) is 18.9 Å². The lowest BCUT2D eigenvalue weighted by molar-refractivity contribution is 0.138. The molecule has 3 aromatic heterocycles. The molecule has 0 amide bonds. The summed E-state index contributed by atoms with van der Waals surface area (Å²) in [7, 11) is 3.85. The Morgan fingerprint density at radius 1 is 1.20 bits per heavy atom. The molecular weight excluding hydrogens is 334 g/mol. The van der Waals surface area contributed by atoms with E-state index in [0.29, 0.717) is 11.6 Å². The van der Waals surface area contributed by atoms with Gasteiger partial charge in [-0.05, 0) is 50.8 Å². The number of rotatable bonds is 6. The van der Waals surface area contributed by atoms with Crippen LogP contribution in [0.5, 0.6) is 0 Å².